The minimum Gasteiger partial charge on any atom is -0.372 e. The molecule has 0 aliphatic carbocycles. The van der Waals surface area contributed by atoms with Crippen molar-refractivity contribution in [1.82, 2.24) is 4.90 Å². The van der Waals surface area contributed by atoms with Crippen molar-refractivity contribution in [3.63, 3.8) is 0 Å². The summed E-state index contributed by atoms with van der Waals surface area (Å²) in [5.41, 5.74) is 2.18. The number of nitrogens with zero attached hydrogens (tertiary/aromatic N) is 2. The lowest BCUT2D eigenvalue weighted by Gasteiger charge is -2.35. The number of piperidine rings is 1. The zero-order valence-corrected chi connectivity index (χ0v) is 15.0. The largest absolute Gasteiger partial charge is 0.372 e. The lowest BCUT2D eigenvalue weighted by Crippen LogP contribution is -2.40. The molecule has 1 aromatic carbocycles. The van der Waals surface area contributed by atoms with Crippen LogP contribution in [0.5, 0.6) is 0 Å². The van der Waals surface area contributed by atoms with Crippen LogP contribution >= 0.6 is 0 Å². The molecule has 0 radical (unpaired) electrons. The summed E-state index contributed by atoms with van der Waals surface area (Å²) in [6.07, 6.45) is 8.25. The van der Waals surface area contributed by atoms with Crippen LogP contribution in [0.3, 0.4) is 0 Å². The lowest BCUT2D eigenvalue weighted by molar-refractivity contribution is -0.116. The minimum atomic E-state index is 0.129. The summed E-state index contributed by atoms with van der Waals surface area (Å²) in [7, 11) is 0. The van der Waals surface area contributed by atoms with Crippen molar-refractivity contribution in [2.75, 3.05) is 36.4 Å². The van der Waals surface area contributed by atoms with Crippen LogP contribution in [0, 0.1) is 0 Å². The number of anilines is 2. The van der Waals surface area contributed by atoms with Gasteiger partial charge >= 0.3 is 0 Å². The molecule has 1 N–H and O–H groups in total. The summed E-state index contributed by atoms with van der Waals surface area (Å²) in [4.78, 5) is 17.2. The number of likely N-dealkylation sites (tertiary alicyclic amines) is 1. The third-order valence-corrected chi connectivity index (χ3v) is 5.47. The Labute approximate surface area is 146 Å². The third-order valence-electron chi connectivity index (χ3n) is 5.47. The first-order chi connectivity index (χ1) is 11.8. The van der Waals surface area contributed by atoms with Gasteiger partial charge in [0.05, 0.1) is 0 Å². The van der Waals surface area contributed by atoms with Crippen molar-refractivity contribution in [2.45, 2.75) is 57.9 Å². The molecule has 2 aliphatic rings. The van der Waals surface area contributed by atoms with Crippen molar-refractivity contribution in [1.29, 1.82) is 0 Å². The van der Waals surface area contributed by atoms with Crippen molar-refractivity contribution < 1.29 is 4.79 Å². The van der Waals surface area contributed by atoms with Crippen molar-refractivity contribution in [3.05, 3.63) is 24.3 Å². The van der Waals surface area contributed by atoms with Crippen molar-refractivity contribution in [2.24, 2.45) is 0 Å². The molecule has 4 heteroatoms. The van der Waals surface area contributed by atoms with E-state index < -0.39 is 0 Å². The highest BCUT2D eigenvalue weighted by Crippen LogP contribution is 2.22. The second kappa shape index (κ2) is 8.52. The van der Waals surface area contributed by atoms with Crippen LogP contribution in [-0.4, -0.2) is 43.0 Å². The first kappa shape index (κ1) is 17.3. The van der Waals surface area contributed by atoms with Gasteiger partial charge in [0.2, 0.25) is 5.91 Å². The molecule has 1 unspecified atom stereocenters. The smallest absolute Gasteiger partial charge is 0.225 e. The Morgan fingerprint density at radius 1 is 1.08 bits per heavy atom. The molecule has 2 fully saturated rings. The second-order valence-corrected chi connectivity index (χ2v) is 7.13. The van der Waals surface area contributed by atoms with Crippen LogP contribution in [0.4, 0.5) is 11.4 Å². The highest BCUT2D eigenvalue weighted by Gasteiger charge is 2.21. The van der Waals surface area contributed by atoms with Crippen LogP contribution in [0.2, 0.25) is 0 Å². The highest BCUT2D eigenvalue weighted by atomic mass is 16.1. The molecule has 2 aliphatic heterocycles. The van der Waals surface area contributed by atoms with E-state index in [4.69, 9.17) is 0 Å². The molecule has 2 saturated heterocycles. The summed E-state index contributed by atoms with van der Waals surface area (Å²) in [5, 5.41) is 3.05. The van der Waals surface area contributed by atoms with Crippen LogP contribution in [0.1, 0.15) is 51.9 Å². The summed E-state index contributed by atoms with van der Waals surface area (Å²) < 4.78 is 0. The topological polar surface area (TPSA) is 35.6 Å². The molecular formula is C20H31N3O. The molecule has 0 saturated carbocycles. The molecular weight excluding hydrogens is 298 g/mol. The molecule has 3 rings (SSSR count). The van der Waals surface area contributed by atoms with Gasteiger partial charge in [-0.05, 0) is 62.9 Å². The summed E-state index contributed by atoms with van der Waals surface area (Å²) in [5.74, 6) is 0.129. The van der Waals surface area contributed by atoms with E-state index in [2.05, 4.69) is 34.2 Å². The van der Waals surface area contributed by atoms with Gasteiger partial charge in [-0.3, -0.25) is 9.69 Å². The van der Waals surface area contributed by atoms with Crippen LogP contribution in [-0.2, 0) is 4.79 Å². The quantitative estimate of drug-likeness (QED) is 0.860. The first-order valence-electron chi connectivity index (χ1n) is 9.65. The average Bonchev–Trinajstić information content (AvgIpc) is 3.15. The molecule has 132 valence electrons. The van der Waals surface area contributed by atoms with Gasteiger partial charge in [0, 0.05) is 43.5 Å². The fourth-order valence-electron chi connectivity index (χ4n) is 4.02. The Balaban J connectivity index is 1.46. The summed E-state index contributed by atoms with van der Waals surface area (Å²) >= 11 is 0. The minimum absolute atomic E-state index is 0.129. The molecule has 4 nitrogen and oxygen atoms in total. The molecule has 2 heterocycles. The van der Waals surface area contributed by atoms with Crippen LogP contribution in [0.15, 0.2) is 24.3 Å². The van der Waals surface area contributed by atoms with E-state index in [1.165, 1.54) is 44.2 Å². The van der Waals surface area contributed by atoms with E-state index in [0.29, 0.717) is 12.5 Å². The number of benzene rings is 1. The maximum absolute atomic E-state index is 12.2. The normalized spacial score (nSPS) is 21.9. The number of hydrogen-bond donors (Lipinski definition) is 1. The Morgan fingerprint density at radius 3 is 2.50 bits per heavy atom. The van der Waals surface area contributed by atoms with E-state index in [0.717, 1.165) is 31.9 Å². The van der Waals surface area contributed by atoms with Gasteiger partial charge in [0.25, 0.3) is 0 Å². The van der Waals surface area contributed by atoms with Gasteiger partial charge in [0.15, 0.2) is 0 Å². The predicted molar refractivity (Wildman–Crippen MR) is 101 cm³/mol. The molecule has 1 aromatic rings. The Morgan fingerprint density at radius 2 is 1.79 bits per heavy atom. The summed E-state index contributed by atoms with van der Waals surface area (Å²) in [6, 6.07) is 8.98. The maximum atomic E-state index is 12.2. The summed E-state index contributed by atoms with van der Waals surface area (Å²) in [6.45, 7) is 6.60. The number of amides is 1. The molecule has 1 amide bonds. The Hall–Kier alpha value is -1.55. The van der Waals surface area contributed by atoms with Gasteiger partial charge in [-0.1, -0.05) is 13.3 Å². The van der Waals surface area contributed by atoms with Gasteiger partial charge < -0.3 is 10.2 Å². The Kier molecular flexibility index (Phi) is 6.13. The van der Waals surface area contributed by atoms with Crippen molar-refractivity contribution >= 4 is 17.3 Å². The average molecular weight is 329 g/mol. The van der Waals surface area contributed by atoms with E-state index >= 15 is 0 Å². The van der Waals surface area contributed by atoms with E-state index in [1.807, 2.05) is 12.1 Å². The van der Waals surface area contributed by atoms with Crippen LogP contribution in [0.25, 0.3) is 0 Å². The molecule has 1 atom stereocenters. The molecule has 24 heavy (non-hydrogen) atoms. The van der Waals surface area contributed by atoms with Gasteiger partial charge in [-0.15, -0.1) is 0 Å². The Bertz CT molecular complexity index is 522. The number of carbonyl (C=O) groups is 1. The zero-order chi connectivity index (χ0) is 16.8. The fraction of sp³-hybridized carbons (Fsp3) is 0.650. The maximum Gasteiger partial charge on any atom is 0.225 e. The van der Waals surface area contributed by atoms with Crippen LogP contribution < -0.4 is 10.2 Å². The lowest BCUT2D eigenvalue weighted by atomic mass is 10.00. The SMILES string of the molecule is CCC1CCCCN1CCC(=O)Nc1ccc(N2CCCC2)cc1. The third kappa shape index (κ3) is 4.50. The standard InChI is InChI=1S/C20H31N3O/c1-2-18-7-3-4-13-23(18)16-12-20(24)21-17-8-10-19(11-9-17)22-14-5-6-15-22/h8-11,18H,2-7,12-16H2,1H3,(H,21,24). The number of carbonyl (C=O) groups excluding carboxylic acids is 1. The number of nitrogens with one attached hydrogen (secondary N) is 1. The monoisotopic (exact) mass is 329 g/mol. The van der Waals surface area contributed by atoms with Gasteiger partial charge in [0.1, 0.15) is 0 Å². The van der Waals surface area contributed by atoms with Gasteiger partial charge in [-0.2, -0.15) is 0 Å². The predicted octanol–water partition coefficient (Wildman–Crippen LogP) is 3.88. The molecule has 0 bridgehead atoms. The highest BCUT2D eigenvalue weighted by molar-refractivity contribution is 5.91. The van der Waals surface area contributed by atoms with Crippen molar-refractivity contribution in [3.8, 4) is 0 Å². The number of rotatable bonds is 6. The molecule has 0 aromatic heterocycles. The van der Waals surface area contributed by atoms with E-state index in [9.17, 15) is 4.79 Å². The molecule has 0 spiro atoms. The zero-order valence-electron chi connectivity index (χ0n) is 15.0. The first-order valence-corrected chi connectivity index (χ1v) is 9.65. The second-order valence-electron chi connectivity index (χ2n) is 7.13. The van der Waals surface area contributed by atoms with Gasteiger partial charge in [-0.25, -0.2) is 0 Å². The van der Waals surface area contributed by atoms with E-state index in [1.54, 1.807) is 0 Å². The fourth-order valence-corrected chi connectivity index (χ4v) is 4.02. The number of hydrogen-bond acceptors (Lipinski definition) is 3. The van der Waals surface area contributed by atoms with E-state index in [-0.39, 0.29) is 5.91 Å².